The Kier molecular flexibility index (Phi) is 6.54. The number of nitrogens with one attached hydrogen (secondary N) is 1. The summed E-state index contributed by atoms with van der Waals surface area (Å²) in [6, 6.07) is 18.4. The Morgan fingerprint density at radius 3 is 2.25 bits per heavy atom. The van der Waals surface area contributed by atoms with Crippen molar-refractivity contribution in [2.75, 3.05) is 37.6 Å². The van der Waals surface area contributed by atoms with Crippen LogP contribution in [0.25, 0.3) is 0 Å². The number of furan rings is 1. The number of non-ortho nitro benzene ring substituents is 1. The first-order valence-corrected chi connectivity index (χ1v) is 11.7. The number of anilines is 1. The fourth-order valence-electron chi connectivity index (χ4n) is 3.84. The molecule has 1 fully saturated rings. The van der Waals surface area contributed by atoms with Crippen LogP contribution in [-0.4, -0.2) is 51.0 Å². The van der Waals surface area contributed by atoms with Gasteiger partial charge in [-0.3, -0.25) is 15.0 Å². The van der Waals surface area contributed by atoms with E-state index >= 15 is 0 Å². The largest absolute Gasteiger partial charge is 0.468 e. The Labute approximate surface area is 186 Å². The van der Waals surface area contributed by atoms with E-state index in [2.05, 4.69) is 26.7 Å². The Bertz CT molecular complexity index is 1130. The van der Waals surface area contributed by atoms with Crippen LogP contribution in [-0.2, 0) is 10.0 Å². The number of rotatable bonds is 8. The summed E-state index contributed by atoms with van der Waals surface area (Å²) in [4.78, 5) is 14.7. The van der Waals surface area contributed by atoms with Crippen molar-refractivity contribution >= 4 is 21.4 Å². The van der Waals surface area contributed by atoms with Crippen molar-refractivity contribution in [1.82, 2.24) is 9.62 Å². The van der Waals surface area contributed by atoms with E-state index in [1.165, 1.54) is 30.0 Å². The molecule has 0 bridgehead atoms. The highest BCUT2D eigenvalue weighted by atomic mass is 32.2. The maximum Gasteiger partial charge on any atom is 0.269 e. The summed E-state index contributed by atoms with van der Waals surface area (Å²) < 4.78 is 33.8. The average molecular weight is 457 g/mol. The first-order valence-electron chi connectivity index (χ1n) is 10.3. The molecule has 1 saturated heterocycles. The molecule has 1 aromatic heterocycles. The SMILES string of the molecule is O=[N+]([O-])c1ccc(S(=O)(=O)NCC(c2ccco2)N2CCN(c3ccccc3)CC2)cc1. The van der Waals surface area contributed by atoms with Gasteiger partial charge in [0.15, 0.2) is 0 Å². The highest BCUT2D eigenvalue weighted by Crippen LogP contribution is 2.25. The molecular formula is C22H24N4O5S. The molecule has 4 rings (SSSR count). The van der Waals surface area contributed by atoms with Gasteiger partial charge in [-0.25, -0.2) is 13.1 Å². The quantitative estimate of drug-likeness (QED) is 0.410. The molecule has 1 unspecified atom stereocenters. The summed E-state index contributed by atoms with van der Waals surface area (Å²) in [7, 11) is -3.83. The number of nitro groups is 1. The molecule has 1 atom stereocenters. The smallest absolute Gasteiger partial charge is 0.269 e. The molecule has 0 aliphatic carbocycles. The van der Waals surface area contributed by atoms with Crippen LogP contribution in [0, 0.1) is 10.1 Å². The minimum absolute atomic E-state index is 0.0183. The van der Waals surface area contributed by atoms with Gasteiger partial charge >= 0.3 is 0 Å². The van der Waals surface area contributed by atoms with Gasteiger partial charge < -0.3 is 9.32 Å². The number of sulfonamides is 1. The maximum atomic E-state index is 12.8. The summed E-state index contributed by atoms with van der Waals surface area (Å²) in [5, 5.41) is 10.8. The van der Waals surface area contributed by atoms with Gasteiger partial charge in [0, 0.05) is 50.5 Å². The lowest BCUT2D eigenvalue weighted by molar-refractivity contribution is -0.384. The van der Waals surface area contributed by atoms with Crippen LogP contribution < -0.4 is 9.62 Å². The van der Waals surface area contributed by atoms with Gasteiger partial charge in [0.05, 0.1) is 22.1 Å². The zero-order valence-electron chi connectivity index (χ0n) is 17.3. The normalized spacial score (nSPS) is 16.1. The number of piperazine rings is 1. The monoisotopic (exact) mass is 456 g/mol. The number of para-hydroxylation sites is 1. The van der Waals surface area contributed by atoms with Crippen molar-refractivity contribution in [3.63, 3.8) is 0 Å². The molecule has 3 aromatic rings. The fraction of sp³-hybridized carbons (Fsp3) is 0.273. The van der Waals surface area contributed by atoms with Crippen LogP contribution in [0.4, 0.5) is 11.4 Å². The summed E-state index contributed by atoms with van der Waals surface area (Å²) in [5.41, 5.74) is 1.01. The molecule has 168 valence electrons. The van der Waals surface area contributed by atoms with Gasteiger partial charge in [0.1, 0.15) is 5.76 Å². The highest BCUT2D eigenvalue weighted by molar-refractivity contribution is 7.89. The Morgan fingerprint density at radius 1 is 0.969 bits per heavy atom. The van der Waals surface area contributed by atoms with Gasteiger partial charge in [-0.05, 0) is 36.4 Å². The van der Waals surface area contributed by atoms with Crippen LogP contribution >= 0.6 is 0 Å². The summed E-state index contributed by atoms with van der Waals surface area (Å²) in [6.07, 6.45) is 1.58. The van der Waals surface area contributed by atoms with E-state index < -0.39 is 14.9 Å². The van der Waals surface area contributed by atoms with Gasteiger partial charge in [0.25, 0.3) is 5.69 Å². The molecule has 0 spiro atoms. The second-order valence-corrected chi connectivity index (χ2v) is 9.26. The Hall–Kier alpha value is -3.21. The number of nitro benzene ring substituents is 1. The minimum Gasteiger partial charge on any atom is -0.468 e. The third-order valence-electron chi connectivity index (χ3n) is 5.57. The van der Waals surface area contributed by atoms with E-state index in [1.54, 1.807) is 12.3 Å². The lowest BCUT2D eigenvalue weighted by Gasteiger charge is -2.39. The first kappa shape index (κ1) is 22.0. The topological polar surface area (TPSA) is 109 Å². The van der Waals surface area contributed by atoms with Gasteiger partial charge in [-0.1, -0.05) is 18.2 Å². The molecule has 1 N–H and O–H groups in total. The molecule has 1 aliphatic heterocycles. The summed E-state index contributed by atoms with van der Waals surface area (Å²) in [5.74, 6) is 0.685. The molecule has 9 nitrogen and oxygen atoms in total. The zero-order valence-corrected chi connectivity index (χ0v) is 18.1. The van der Waals surface area contributed by atoms with Crippen LogP contribution in [0.15, 0.2) is 82.3 Å². The summed E-state index contributed by atoms with van der Waals surface area (Å²) in [6.45, 7) is 3.25. The van der Waals surface area contributed by atoms with Crippen LogP contribution in [0.2, 0.25) is 0 Å². The maximum absolute atomic E-state index is 12.8. The van der Waals surface area contributed by atoms with Crippen molar-refractivity contribution < 1.29 is 17.8 Å². The van der Waals surface area contributed by atoms with Crippen LogP contribution in [0.1, 0.15) is 11.8 Å². The molecule has 0 amide bonds. The number of hydrogen-bond donors (Lipinski definition) is 1. The lowest BCUT2D eigenvalue weighted by Crippen LogP contribution is -2.49. The lowest BCUT2D eigenvalue weighted by atomic mass is 10.1. The molecule has 32 heavy (non-hydrogen) atoms. The fourth-order valence-corrected chi connectivity index (χ4v) is 4.88. The van der Waals surface area contributed by atoms with Gasteiger partial charge in [0.2, 0.25) is 10.0 Å². The van der Waals surface area contributed by atoms with Crippen LogP contribution in [0.5, 0.6) is 0 Å². The predicted octanol–water partition coefficient (Wildman–Crippen LogP) is 3.03. The Balaban J connectivity index is 1.44. The van der Waals surface area contributed by atoms with E-state index in [9.17, 15) is 18.5 Å². The highest BCUT2D eigenvalue weighted by Gasteiger charge is 2.28. The number of benzene rings is 2. The third-order valence-corrected chi connectivity index (χ3v) is 7.01. The standard InChI is InChI=1S/C22H24N4O5S/c27-26(28)19-8-10-20(11-9-19)32(29,30)23-17-21(22-7-4-16-31-22)25-14-12-24(13-15-25)18-5-2-1-3-6-18/h1-11,16,21,23H,12-15,17H2. The second kappa shape index (κ2) is 9.51. The molecular weight excluding hydrogens is 432 g/mol. The van der Waals surface area contributed by atoms with Crippen molar-refractivity contribution in [2.24, 2.45) is 0 Å². The van der Waals surface area contributed by atoms with Crippen molar-refractivity contribution in [2.45, 2.75) is 10.9 Å². The van der Waals surface area contributed by atoms with Crippen LogP contribution in [0.3, 0.4) is 0 Å². The van der Waals surface area contributed by atoms with E-state index in [0.29, 0.717) is 5.76 Å². The molecule has 10 heteroatoms. The van der Waals surface area contributed by atoms with Crippen molar-refractivity contribution in [1.29, 1.82) is 0 Å². The van der Waals surface area contributed by atoms with E-state index in [1.807, 2.05) is 24.3 Å². The second-order valence-electron chi connectivity index (χ2n) is 7.49. The predicted molar refractivity (Wildman–Crippen MR) is 120 cm³/mol. The van der Waals surface area contributed by atoms with E-state index in [4.69, 9.17) is 4.42 Å². The summed E-state index contributed by atoms with van der Waals surface area (Å²) >= 11 is 0. The van der Waals surface area contributed by atoms with Crippen molar-refractivity contribution in [3.8, 4) is 0 Å². The van der Waals surface area contributed by atoms with Crippen molar-refractivity contribution in [3.05, 3.63) is 88.9 Å². The van der Waals surface area contributed by atoms with E-state index in [0.717, 1.165) is 26.2 Å². The average Bonchev–Trinajstić information content (AvgIpc) is 3.35. The molecule has 0 radical (unpaired) electrons. The molecule has 2 heterocycles. The van der Waals surface area contributed by atoms with E-state index in [-0.39, 0.29) is 23.2 Å². The minimum atomic E-state index is -3.83. The number of nitrogens with zero attached hydrogens (tertiary/aromatic N) is 3. The Morgan fingerprint density at radius 2 is 1.66 bits per heavy atom. The molecule has 0 saturated carbocycles. The number of hydrogen-bond acceptors (Lipinski definition) is 7. The molecule has 1 aliphatic rings. The van der Waals surface area contributed by atoms with Gasteiger partial charge in [-0.2, -0.15) is 0 Å². The molecule has 2 aromatic carbocycles. The zero-order chi connectivity index (χ0) is 22.6. The third kappa shape index (κ3) is 4.98. The first-order chi connectivity index (χ1) is 15.4. The van der Waals surface area contributed by atoms with Gasteiger partial charge in [-0.15, -0.1) is 0 Å².